The summed E-state index contributed by atoms with van der Waals surface area (Å²) in [6, 6.07) is 3.76. The van der Waals surface area contributed by atoms with Gasteiger partial charge in [0.2, 0.25) is 5.91 Å². The van der Waals surface area contributed by atoms with Crippen molar-refractivity contribution in [1.29, 1.82) is 0 Å². The average molecular weight is 338 g/mol. The Labute approximate surface area is 139 Å². The van der Waals surface area contributed by atoms with Crippen molar-refractivity contribution in [2.24, 2.45) is 0 Å². The van der Waals surface area contributed by atoms with E-state index in [9.17, 15) is 9.90 Å². The first kappa shape index (κ1) is 17.1. The van der Waals surface area contributed by atoms with Crippen LogP contribution in [0.4, 0.5) is 0 Å². The summed E-state index contributed by atoms with van der Waals surface area (Å²) in [6.45, 7) is 8.22. The van der Waals surface area contributed by atoms with Gasteiger partial charge in [0, 0.05) is 15.7 Å². The van der Waals surface area contributed by atoms with E-state index in [2.05, 4.69) is 31.1 Å². The molecule has 2 N–H and O–H groups in total. The van der Waals surface area contributed by atoms with Crippen molar-refractivity contribution in [3.8, 4) is 0 Å². The fourth-order valence-corrected chi connectivity index (χ4v) is 3.60. The molecule has 6 heteroatoms. The van der Waals surface area contributed by atoms with Crippen LogP contribution in [-0.2, 0) is 22.2 Å². The van der Waals surface area contributed by atoms with Gasteiger partial charge in [-0.05, 0) is 18.4 Å². The molecule has 1 unspecified atom stereocenters. The number of nitrogens with one attached hydrogen (secondary N) is 1. The van der Waals surface area contributed by atoms with Crippen LogP contribution in [0.1, 0.15) is 43.3 Å². The standard InChI is InChI=1S/C16H22N2O2S2/c1-15(2,3)14-18-11(9-22-14)8-13(19)17-10-16(4,20)12-6-5-7-21-12/h5-7,9,20H,8,10H2,1-4H3,(H,17,19). The smallest absolute Gasteiger partial charge is 0.226 e. The van der Waals surface area contributed by atoms with Gasteiger partial charge < -0.3 is 10.4 Å². The Hall–Kier alpha value is -1.24. The third-order valence-corrected chi connectivity index (χ3v) is 5.66. The summed E-state index contributed by atoms with van der Waals surface area (Å²) < 4.78 is 0. The van der Waals surface area contributed by atoms with Crippen molar-refractivity contribution in [1.82, 2.24) is 10.3 Å². The Morgan fingerprint density at radius 1 is 1.32 bits per heavy atom. The number of nitrogens with zero attached hydrogens (tertiary/aromatic N) is 1. The van der Waals surface area contributed by atoms with Gasteiger partial charge >= 0.3 is 0 Å². The minimum atomic E-state index is -1.04. The van der Waals surface area contributed by atoms with Crippen molar-refractivity contribution in [2.45, 2.75) is 45.1 Å². The van der Waals surface area contributed by atoms with Gasteiger partial charge in [0.05, 0.1) is 23.7 Å². The summed E-state index contributed by atoms with van der Waals surface area (Å²) in [4.78, 5) is 17.4. The van der Waals surface area contributed by atoms with Gasteiger partial charge in [-0.25, -0.2) is 4.98 Å². The van der Waals surface area contributed by atoms with Gasteiger partial charge in [-0.3, -0.25) is 4.79 Å². The summed E-state index contributed by atoms with van der Waals surface area (Å²) in [5, 5.41) is 18.0. The zero-order chi connectivity index (χ0) is 16.4. The van der Waals surface area contributed by atoms with Gasteiger partial charge in [-0.1, -0.05) is 26.8 Å². The van der Waals surface area contributed by atoms with Crippen molar-refractivity contribution >= 4 is 28.6 Å². The van der Waals surface area contributed by atoms with E-state index in [1.54, 1.807) is 18.3 Å². The van der Waals surface area contributed by atoms with E-state index in [1.807, 2.05) is 22.9 Å². The molecule has 1 amide bonds. The van der Waals surface area contributed by atoms with Crippen molar-refractivity contribution < 1.29 is 9.90 Å². The van der Waals surface area contributed by atoms with Crippen molar-refractivity contribution in [2.75, 3.05) is 6.54 Å². The lowest BCUT2D eigenvalue weighted by atomic mass is 9.98. The number of aromatic nitrogens is 1. The molecule has 0 radical (unpaired) electrons. The van der Waals surface area contributed by atoms with Crippen LogP contribution in [0.3, 0.4) is 0 Å². The molecule has 120 valence electrons. The van der Waals surface area contributed by atoms with E-state index in [4.69, 9.17) is 0 Å². The minimum absolute atomic E-state index is 0.00222. The number of thiazole rings is 1. The van der Waals surface area contributed by atoms with E-state index >= 15 is 0 Å². The number of carbonyl (C=O) groups is 1. The lowest BCUT2D eigenvalue weighted by Crippen LogP contribution is -2.38. The van der Waals surface area contributed by atoms with Crippen molar-refractivity contribution in [3.05, 3.63) is 38.5 Å². The quantitative estimate of drug-likeness (QED) is 0.881. The van der Waals surface area contributed by atoms with Crippen LogP contribution in [0.25, 0.3) is 0 Å². The van der Waals surface area contributed by atoms with Crippen molar-refractivity contribution in [3.63, 3.8) is 0 Å². The molecule has 0 fully saturated rings. The maximum Gasteiger partial charge on any atom is 0.226 e. The predicted molar refractivity (Wildman–Crippen MR) is 91.4 cm³/mol. The van der Waals surface area contributed by atoms with Gasteiger partial charge in [0.15, 0.2) is 0 Å². The second-order valence-corrected chi connectivity index (χ2v) is 8.40. The highest BCUT2D eigenvalue weighted by Gasteiger charge is 2.25. The normalized spacial score (nSPS) is 14.6. The highest BCUT2D eigenvalue weighted by Crippen LogP contribution is 2.26. The van der Waals surface area contributed by atoms with Crippen LogP contribution in [0.2, 0.25) is 0 Å². The molecule has 2 heterocycles. The molecule has 0 bridgehead atoms. The fourth-order valence-electron chi connectivity index (χ4n) is 1.90. The van der Waals surface area contributed by atoms with Gasteiger partial charge in [-0.2, -0.15) is 0 Å². The first-order valence-electron chi connectivity index (χ1n) is 7.16. The third-order valence-electron chi connectivity index (χ3n) is 3.22. The summed E-state index contributed by atoms with van der Waals surface area (Å²) in [5.41, 5.74) is -0.256. The topological polar surface area (TPSA) is 62.2 Å². The van der Waals surface area contributed by atoms with Crippen LogP contribution in [-0.4, -0.2) is 22.5 Å². The SMILES string of the molecule is CC(C)(C)c1nc(CC(=O)NCC(C)(O)c2cccs2)cs1. The molecular formula is C16H22N2O2S2. The number of hydrogen-bond acceptors (Lipinski definition) is 5. The molecule has 0 aromatic carbocycles. The van der Waals surface area contributed by atoms with Gasteiger partial charge in [0.25, 0.3) is 0 Å². The predicted octanol–water partition coefficient (Wildman–Crippen LogP) is 3.07. The first-order chi connectivity index (χ1) is 10.2. The van der Waals surface area contributed by atoms with Crippen LogP contribution < -0.4 is 5.32 Å². The zero-order valence-corrected chi connectivity index (χ0v) is 15.0. The Morgan fingerprint density at radius 3 is 2.59 bits per heavy atom. The lowest BCUT2D eigenvalue weighted by Gasteiger charge is -2.22. The molecule has 4 nitrogen and oxygen atoms in total. The fraction of sp³-hybridized carbons (Fsp3) is 0.500. The second kappa shape index (κ2) is 6.48. The molecule has 0 aliphatic heterocycles. The highest BCUT2D eigenvalue weighted by molar-refractivity contribution is 7.10. The van der Waals surface area contributed by atoms with E-state index in [0.717, 1.165) is 15.6 Å². The average Bonchev–Trinajstić information content (AvgIpc) is 3.06. The first-order valence-corrected chi connectivity index (χ1v) is 8.92. The number of thiophene rings is 1. The van der Waals surface area contributed by atoms with E-state index in [-0.39, 0.29) is 24.3 Å². The van der Waals surface area contributed by atoms with E-state index in [1.165, 1.54) is 11.3 Å². The molecular weight excluding hydrogens is 316 g/mol. The maximum absolute atomic E-state index is 12.0. The Balaban J connectivity index is 1.90. The van der Waals surface area contributed by atoms with E-state index in [0.29, 0.717) is 0 Å². The summed E-state index contributed by atoms with van der Waals surface area (Å²) >= 11 is 3.06. The van der Waals surface area contributed by atoms with Crippen LogP contribution >= 0.6 is 22.7 Å². The van der Waals surface area contributed by atoms with E-state index < -0.39 is 5.60 Å². The minimum Gasteiger partial charge on any atom is -0.383 e. The van der Waals surface area contributed by atoms with Crippen LogP contribution in [0, 0.1) is 0 Å². The number of carbonyl (C=O) groups excluding carboxylic acids is 1. The molecule has 2 aromatic rings. The monoisotopic (exact) mass is 338 g/mol. The number of amides is 1. The maximum atomic E-state index is 12.0. The summed E-state index contributed by atoms with van der Waals surface area (Å²) in [5.74, 6) is -0.123. The van der Waals surface area contributed by atoms with Crippen LogP contribution in [0.15, 0.2) is 22.9 Å². The van der Waals surface area contributed by atoms with Gasteiger partial charge in [0.1, 0.15) is 5.60 Å². The second-order valence-electron chi connectivity index (χ2n) is 6.60. The molecule has 0 saturated carbocycles. The molecule has 0 saturated heterocycles. The molecule has 1 atom stereocenters. The Morgan fingerprint density at radius 2 is 2.05 bits per heavy atom. The Kier molecular flexibility index (Phi) is 5.04. The third kappa shape index (κ3) is 4.38. The number of rotatable bonds is 5. The Bertz CT molecular complexity index is 625. The molecule has 2 aromatic heterocycles. The van der Waals surface area contributed by atoms with Gasteiger partial charge in [-0.15, -0.1) is 22.7 Å². The number of hydrogen-bond donors (Lipinski definition) is 2. The summed E-state index contributed by atoms with van der Waals surface area (Å²) in [6.07, 6.45) is 0.243. The molecule has 0 aliphatic carbocycles. The largest absolute Gasteiger partial charge is 0.383 e. The molecule has 22 heavy (non-hydrogen) atoms. The molecule has 0 spiro atoms. The highest BCUT2D eigenvalue weighted by atomic mass is 32.1. The lowest BCUT2D eigenvalue weighted by molar-refractivity contribution is -0.121. The summed E-state index contributed by atoms with van der Waals surface area (Å²) in [7, 11) is 0. The van der Waals surface area contributed by atoms with Crippen LogP contribution in [0.5, 0.6) is 0 Å². The number of aliphatic hydroxyl groups is 1. The molecule has 0 aliphatic rings. The molecule has 2 rings (SSSR count). The zero-order valence-electron chi connectivity index (χ0n) is 13.3.